The Morgan fingerprint density at radius 1 is 1.33 bits per heavy atom. The van der Waals surface area contributed by atoms with Gasteiger partial charge in [0.2, 0.25) is 0 Å². The van der Waals surface area contributed by atoms with Gasteiger partial charge in [0.15, 0.2) is 0 Å². The van der Waals surface area contributed by atoms with Gasteiger partial charge < -0.3 is 5.11 Å². The molecule has 2 heteroatoms. The average Bonchev–Trinajstić information content (AvgIpc) is 2.40. The average molecular weight is 244 g/mol. The predicted molar refractivity (Wildman–Crippen MR) is 73.1 cm³/mol. The molecular weight excluding hydrogens is 224 g/mol. The molecule has 18 heavy (non-hydrogen) atoms. The molecule has 0 aliphatic heterocycles. The fourth-order valence-corrected chi connectivity index (χ4v) is 2.85. The zero-order chi connectivity index (χ0) is 13.0. The summed E-state index contributed by atoms with van der Waals surface area (Å²) in [6.07, 6.45) is 8.63. The number of aromatic carboxylic acids is 1. The molecular formula is C16H20O2. The summed E-state index contributed by atoms with van der Waals surface area (Å²) >= 11 is 0. The molecule has 96 valence electrons. The van der Waals surface area contributed by atoms with Crippen molar-refractivity contribution in [1.82, 2.24) is 0 Å². The van der Waals surface area contributed by atoms with Crippen molar-refractivity contribution in [1.29, 1.82) is 0 Å². The van der Waals surface area contributed by atoms with E-state index in [0.717, 1.165) is 30.4 Å². The van der Waals surface area contributed by atoms with Crippen molar-refractivity contribution in [2.24, 2.45) is 0 Å². The van der Waals surface area contributed by atoms with Crippen LogP contribution in [0.3, 0.4) is 0 Å². The fraction of sp³-hybridized carbons (Fsp3) is 0.438. The summed E-state index contributed by atoms with van der Waals surface area (Å²) < 4.78 is 0. The highest BCUT2D eigenvalue weighted by molar-refractivity contribution is 5.89. The second-order valence-electron chi connectivity index (χ2n) is 5.05. The highest BCUT2D eigenvalue weighted by atomic mass is 16.4. The van der Waals surface area contributed by atoms with E-state index in [1.54, 1.807) is 6.07 Å². The maximum atomic E-state index is 11.3. The van der Waals surface area contributed by atoms with Gasteiger partial charge in [0.05, 0.1) is 5.56 Å². The lowest BCUT2D eigenvalue weighted by atomic mass is 9.81. The third-order valence-electron chi connectivity index (χ3n) is 3.77. The van der Waals surface area contributed by atoms with Crippen LogP contribution in [-0.2, 0) is 6.42 Å². The zero-order valence-corrected chi connectivity index (χ0v) is 10.7. The third-order valence-corrected chi connectivity index (χ3v) is 3.77. The van der Waals surface area contributed by atoms with Crippen LogP contribution >= 0.6 is 0 Å². The Balaban J connectivity index is 2.35. The minimum atomic E-state index is -0.805. The molecule has 1 aliphatic rings. The van der Waals surface area contributed by atoms with E-state index in [-0.39, 0.29) is 0 Å². The second-order valence-corrected chi connectivity index (χ2v) is 5.05. The molecule has 2 rings (SSSR count). The maximum Gasteiger partial charge on any atom is 0.335 e. The highest BCUT2D eigenvalue weighted by Crippen LogP contribution is 2.35. The Labute approximate surface area is 108 Å². The summed E-state index contributed by atoms with van der Waals surface area (Å²) in [5, 5.41) is 9.30. The number of carbonyl (C=O) groups is 1. The first-order valence-electron chi connectivity index (χ1n) is 6.69. The van der Waals surface area contributed by atoms with Crippen molar-refractivity contribution in [3.63, 3.8) is 0 Å². The van der Waals surface area contributed by atoms with Crippen LogP contribution < -0.4 is 0 Å². The molecule has 1 saturated carbocycles. The Morgan fingerprint density at radius 3 is 2.67 bits per heavy atom. The molecule has 0 unspecified atom stereocenters. The molecule has 0 amide bonds. The van der Waals surface area contributed by atoms with Crippen LogP contribution in [0.4, 0.5) is 0 Å². The molecule has 0 spiro atoms. The van der Waals surface area contributed by atoms with Gasteiger partial charge in [-0.1, -0.05) is 37.5 Å². The Morgan fingerprint density at radius 2 is 2.06 bits per heavy atom. The molecule has 0 atom stereocenters. The maximum absolute atomic E-state index is 11.3. The van der Waals surface area contributed by atoms with Crippen molar-refractivity contribution >= 4 is 5.97 Å². The first-order chi connectivity index (χ1) is 8.72. The first kappa shape index (κ1) is 12.9. The molecule has 0 bridgehead atoms. The van der Waals surface area contributed by atoms with E-state index in [4.69, 9.17) is 0 Å². The quantitative estimate of drug-likeness (QED) is 0.807. The van der Waals surface area contributed by atoms with E-state index in [0.29, 0.717) is 11.5 Å². The molecule has 1 aliphatic carbocycles. The van der Waals surface area contributed by atoms with Crippen molar-refractivity contribution in [3.8, 4) is 0 Å². The van der Waals surface area contributed by atoms with Crippen molar-refractivity contribution in [2.45, 2.75) is 44.4 Å². The lowest BCUT2D eigenvalue weighted by Gasteiger charge is -2.24. The summed E-state index contributed by atoms with van der Waals surface area (Å²) in [7, 11) is 0. The van der Waals surface area contributed by atoms with E-state index in [9.17, 15) is 9.90 Å². The number of carboxylic acid groups (broad SMARTS) is 1. The third kappa shape index (κ3) is 2.81. The topological polar surface area (TPSA) is 37.3 Å². The lowest BCUT2D eigenvalue weighted by molar-refractivity contribution is 0.0694. The van der Waals surface area contributed by atoms with Crippen molar-refractivity contribution in [2.75, 3.05) is 0 Å². The molecule has 0 saturated heterocycles. The van der Waals surface area contributed by atoms with Crippen LogP contribution in [0.25, 0.3) is 0 Å². The number of hydrogen-bond acceptors (Lipinski definition) is 1. The number of hydrogen-bond donors (Lipinski definition) is 1. The van der Waals surface area contributed by atoms with Gasteiger partial charge in [-0.15, -0.1) is 6.58 Å². The van der Waals surface area contributed by atoms with Gasteiger partial charge in [-0.3, -0.25) is 0 Å². The number of benzene rings is 1. The van der Waals surface area contributed by atoms with Crippen LogP contribution in [-0.4, -0.2) is 11.1 Å². The van der Waals surface area contributed by atoms with Gasteiger partial charge in [-0.25, -0.2) is 4.79 Å². The van der Waals surface area contributed by atoms with Gasteiger partial charge in [0.25, 0.3) is 0 Å². The van der Waals surface area contributed by atoms with Crippen molar-refractivity contribution in [3.05, 3.63) is 47.5 Å². The first-order valence-corrected chi connectivity index (χ1v) is 6.69. The Bertz CT molecular complexity index is 442. The van der Waals surface area contributed by atoms with Gasteiger partial charge in [0.1, 0.15) is 0 Å². The van der Waals surface area contributed by atoms with Crippen LogP contribution in [0.1, 0.15) is 59.5 Å². The monoisotopic (exact) mass is 244 g/mol. The summed E-state index contributed by atoms with van der Waals surface area (Å²) in [5.41, 5.74) is 2.67. The Kier molecular flexibility index (Phi) is 4.19. The largest absolute Gasteiger partial charge is 0.478 e. The second kappa shape index (κ2) is 5.85. The van der Waals surface area contributed by atoms with Gasteiger partial charge in [-0.2, -0.15) is 0 Å². The minimum Gasteiger partial charge on any atom is -0.478 e. The number of allylic oxidation sites excluding steroid dienone is 1. The van der Waals surface area contributed by atoms with E-state index >= 15 is 0 Å². The fourth-order valence-electron chi connectivity index (χ4n) is 2.85. The van der Waals surface area contributed by atoms with E-state index in [2.05, 4.69) is 12.6 Å². The lowest BCUT2D eigenvalue weighted by Crippen LogP contribution is -2.11. The molecule has 1 fully saturated rings. The van der Waals surface area contributed by atoms with E-state index in [1.165, 1.54) is 19.3 Å². The molecule has 0 heterocycles. The molecule has 0 aromatic heterocycles. The standard InChI is InChI=1S/C16H20O2/c1-2-6-12-9-10-14(16(17)18)15(11-12)13-7-4-3-5-8-13/h2,9-11,13H,1,3-8H2,(H,17,18). The van der Waals surface area contributed by atoms with Gasteiger partial charge in [-0.05, 0) is 42.4 Å². The molecule has 1 aromatic rings. The molecule has 1 N–H and O–H groups in total. The van der Waals surface area contributed by atoms with Crippen LogP contribution in [0.15, 0.2) is 30.9 Å². The van der Waals surface area contributed by atoms with E-state index in [1.807, 2.05) is 12.1 Å². The highest BCUT2D eigenvalue weighted by Gasteiger charge is 2.21. The zero-order valence-electron chi connectivity index (χ0n) is 10.7. The summed E-state index contributed by atoms with van der Waals surface area (Å²) in [5.74, 6) is -0.379. The molecule has 2 nitrogen and oxygen atoms in total. The summed E-state index contributed by atoms with van der Waals surface area (Å²) in [4.78, 5) is 11.3. The number of carboxylic acids is 1. The minimum absolute atomic E-state index is 0.426. The van der Waals surface area contributed by atoms with Crippen LogP contribution in [0.2, 0.25) is 0 Å². The van der Waals surface area contributed by atoms with E-state index < -0.39 is 5.97 Å². The van der Waals surface area contributed by atoms with Gasteiger partial charge in [0, 0.05) is 0 Å². The Hall–Kier alpha value is -1.57. The number of rotatable bonds is 4. The smallest absolute Gasteiger partial charge is 0.335 e. The predicted octanol–water partition coefficient (Wildman–Crippen LogP) is 4.16. The SMILES string of the molecule is C=CCc1ccc(C(=O)O)c(C2CCCCC2)c1. The van der Waals surface area contributed by atoms with Crippen LogP contribution in [0.5, 0.6) is 0 Å². The molecule has 0 radical (unpaired) electrons. The summed E-state index contributed by atoms with van der Waals surface area (Å²) in [6.45, 7) is 3.74. The normalized spacial score (nSPS) is 16.4. The molecule has 1 aromatic carbocycles. The van der Waals surface area contributed by atoms with Crippen molar-refractivity contribution < 1.29 is 9.90 Å². The summed E-state index contributed by atoms with van der Waals surface area (Å²) in [6, 6.07) is 5.73. The van der Waals surface area contributed by atoms with Crippen LogP contribution in [0, 0.1) is 0 Å². The van der Waals surface area contributed by atoms with Gasteiger partial charge >= 0.3 is 5.97 Å².